The molecule has 1 aromatic carbocycles. The lowest BCUT2D eigenvalue weighted by Crippen LogP contribution is -1.89. The first-order valence-electron chi connectivity index (χ1n) is 4.90. The van der Waals surface area contributed by atoms with E-state index >= 15 is 0 Å². The van der Waals surface area contributed by atoms with Gasteiger partial charge in [0, 0.05) is 4.47 Å². The average molecular weight is 280 g/mol. The van der Waals surface area contributed by atoms with Gasteiger partial charge in [-0.3, -0.25) is 0 Å². The molecule has 0 atom stereocenters. The Hall–Kier alpha value is -1.42. The third-order valence-electron chi connectivity index (χ3n) is 2.19. The van der Waals surface area contributed by atoms with Crippen molar-refractivity contribution in [3.8, 4) is 0 Å². The number of aromatic nitrogens is 1. The first kappa shape index (κ1) is 11.1. The van der Waals surface area contributed by atoms with E-state index in [-0.39, 0.29) is 6.42 Å². The molecule has 0 saturated carbocycles. The van der Waals surface area contributed by atoms with Crippen molar-refractivity contribution in [2.75, 3.05) is 0 Å². The summed E-state index contributed by atoms with van der Waals surface area (Å²) in [5.74, 6) is 1.24. The van der Waals surface area contributed by atoms with Gasteiger partial charge in [0.1, 0.15) is 12.0 Å². The molecular weight excluding hydrogens is 270 g/mol. The van der Waals surface area contributed by atoms with E-state index in [2.05, 4.69) is 20.9 Å². The number of hydrogen-bond donors (Lipinski definition) is 0. The number of rotatable bonds is 4. The maximum Gasteiger partial charge on any atom is 0.198 e. The van der Waals surface area contributed by atoms with Gasteiger partial charge in [-0.15, -0.1) is 0 Å². The predicted octanol–water partition coefficient (Wildman–Crippen LogP) is 2.77. The lowest BCUT2D eigenvalue weighted by Gasteiger charge is -2.00. The van der Waals surface area contributed by atoms with Crippen LogP contribution in [0.3, 0.4) is 0 Å². The molecule has 1 heterocycles. The molecule has 0 bridgehead atoms. The molecule has 0 aliphatic rings. The number of carbonyl (C=O) groups is 1. The summed E-state index contributed by atoms with van der Waals surface area (Å²) in [5, 5.41) is 0. The zero-order chi connectivity index (χ0) is 11.4. The van der Waals surface area contributed by atoms with Gasteiger partial charge in [-0.2, -0.15) is 0 Å². The standard InChI is InChI=1S/C12H10BrNO2/c13-11-4-2-1-3-9(11)7-12-14-8-10(16-12)5-6-15/h1-4,6,8H,5,7H2. The Kier molecular flexibility index (Phi) is 3.51. The van der Waals surface area contributed by atoms with Crippen molar-refractivity contribution in [1.82, 2.24) is 4.98 Å². The molecule has 2 rings (SSSR count). The van der Waals surface area contributed by atoms with Crippen LogP contribution in [0.2, 0.25) is 0 Å². The fourth-order valence-corrected chi connectivity index (χ4v) is 1.84. The van der Waals surface area contributed by atoms with Crippen LogP contribution in [0.5, 0.6) is 0 Å². The van der Waals surface area contributed by atoms with Crippen LogP contribution in [-0.4, -0.2) is 11.3 Å². The van der Waals surface area contributed by atoms with E-state index in [9.17, 15) is 4.79 Å². The first-order valence-corrected chi connectivity index (χ1v) is 5.69. The van der Waals surface area contributed by atoms with Crippen LogP contribution >= 0.6 is 15.9 Å². The number of benzene rings is 1. The van der Waals surface area contributed by atoms with Crippen LogP contribution in [0.15, 0.2) is 39.4 Å². The largest absolute Gasteiger partial charge is 0.445 e. The Morgan fingerprint density at radius 3 is 2.94 bits per heavy atom. The Labute approximate surface area is 102 Å². The molecule has 0 aliphatic heterocycles. The third-order valence-corrected chi connectivity index (χ3v) is 2.96. The summed E-state index contributed by atoms with van der Waals surface area (Å²) in [7, 11) is 0. The molecule has 2 aromatic rings. The van der Waals surface area contributed by atoms with Crippen molar-refractivity contribution >= 4 is 22.2 Å². The number of aldehydes is 1. The van der Waals surface area contributed by atoms with Crippen LogP contribution < -0.4 is 0 Å². The molecule has 0 aliphatic carbocycles. The quantitative estimate of drug-likeness (QED) is 0.809. The molecule has 4 heteroatoms. The Morgan fingerprint density at radius 2 is 2.19 bits per heavy atom. The monoisotopic (exact) mass is 279 g/mol. The zero-order valence-corrected chi connectivity index (χ0v) is 10.1. The van der Waals surface area contributed by atoms with Gasteiger partial charge in [-0.25, -0.2) is 4.98 Å². The lowest BCUT2D eigenvalue weighted by atomic mass is 10.1. The highest BCUT2D eigenvalue weighted by atomic mass is 79.9. The minimum atomic E-state index is 0.281. The number of carbonyl (C=O) groups excluding carboxylic acids is 1. The Morgan fingerprint density at radius 1 is 1.38 bits per heavy atom. The number of nitrogens with zero attached hydrogens (tertiary/aromatic N) is 1. The van der Waals surface area contributed by atoms with Crippen LogP contribution in [-0.2, 0) is 17.6 Å². The van der Waals surface area contributed by atoms with Crippen molar-refractivity contribution in [2.24, 2.45) is 0 Å². The third kappa shape index (κ3) is 2.58. The zero-order valence-electron chi connectivity index (χ0n) is 8.52. The topological polar surface area (TPSA) is 43.1 Å². The minimum Gasteiger partial charge on any atom is -0.445 e. The first-order chi connectivity index (χ1) is 7.79. The summed E-state index contributed by atoms with van der Waals surface area (Å²) in [6.07, 6.45) is 3.31. The summed E-state index contributed by atoms with van der Waals surface area (Å²) in [6.45, 7) is 0. The van der Waals surface area contributed by atoms with Crippen molar-refractivity contribution in [1.29, 1.82) is 0 Å². The van der Waals surface area contributed by atoms with E-state index in [1.54, 1.807) is 6.20 Å². The van der Waals surface area contributed by atoms with E-state index in [0.717, 1.165) is 16.3 Å². The molecule has 0 saturated heterocycles. The van der Waals surface area contributed by atoms with Gasteiger partial charge in [0.15, 0.2) is 5.89 Å². The van der Waals surface area contributed by atoms with Gasteiger partial charge in [-0.1, -0.05) is 34.1 Å². The molecule has 0 amide bonds. The molecular formula is C12H10BrNO2. The summed E-state index contributed by atoms with van der Waals surface area (Å²) >= 11 is 3.47. The second-order valence-electron chi connectivity index (χ2n) is 3.36. The fraction of sp³-hybridized carbons (Fsp3) is 0.167. The van der Waals surface area contributed by atoms with Crippen molar-refractivity contribution < 1.29 is 9.21 Å². The van der Waals surface area contributed by atoms with Crippen LogP contribution in [0.25, 0.3) is 0 Å². The highest BCUT2D eigenvalue weighted by Crippen LogP contribution is 2.19. The molecule has 16 heavy (non-hydrogen) atoms. The van der Waals surface area contributed by atoms with Crippen molar-refractivity contribution in [2.45, 2.75) is 12.8 Å². The summed E-state index contributed by atoms with van der Waals surface area (Å²) in [6, 6.07) is 7.91. The average Bonchev–Trinajstić information content (AvgIpc) is 2.70. The minimum absolute atomic E-state index is 0.281. The van der Waals surface area contributed by atoms with Gasteiger partial charge in [-0.05, 0) is 11.6 Å². The lowest BCUT2D eigenvalue weighted by molar-refractivity contribution is -0.107. The molecule has 0 fully saturated rings. The normalized spacial score (nSPS) is 10.3. The molecule has 0 radical (unpaired) electrons. The van der Waals surface area contributed by atoms with E-state index in [0.29, 0.717) is 18.1 Å². The maximum atomic E-state index is 10.3. The molecule has 0 N–H and O–H groups in total. The van der Waals surface area contributed by atoms with Gasteiger partial charge in [0.2, 0.25) is 0 Å². The van der Waals surface area contributed by atoms with E-state index in [1.165, 1.54) is 0 Å². The van der Waals surface area contributed by atoms with Gasteiger partial charge in [0.05, 0.1) is 19.0 Å². The van der Waals surface area contributed by atoms with Gasteiger partial charge >= 0.3 is 0 Å². The van der Waals surface area contributed by atoms with Crippen LogP contribution in [0.4, 0.5) is 0 Å². The van der Waals surface area contributed by atoms with E-state index in [1.807, 2.05) is 24.3 Å². The molecule has 0 unspecified atom stereocenters. The van der Waals surface area contributed by atoms with Gasteiger partial charge < -0.3 is 9.21 Å². The Balaban J connectivity index is 2.14. The Bertz CT molecular complexity index is 493. The van der Waals surface area contributed by atoms with E-state index < -0.39 is 0 Å². The molecule has 0 spiro atoms. The number of halogens is 1. The number of hydrogen-bond acceptors (Lipinski definition) is 3. The smallest absolute Gasteiger partial charge is 0.198 e. The van der Waals surface area contributed by atoms with Crippen LogP contribution in [0, 0.1) is 0 Å². The SMILES string of the molecule is O=CCc1cnc(Cc2ccccc2Br)o1. The second kappa shape index (κ2) is 5.07. The highest BCUT2D eigenvalue weighted by Gasteiger charge is 2.06. The fourth-order valence-electron chi connectivity index (χ4n) is 1.41. The summed E-state index contributed by atoms with van der Waals surface area (Å²) < 4.78 is 6.45. The highest BCUT2D eigenvalue weighted by molar-refractivity contribution is 9.10. The summed E-state index contributed by atoms with van der Waals surface area (Å²) in [4.78, 5) is 14.4. The van der Waals surface area contributed by atoms with Crippen LogP contribution in [0.1, 0.15) is 17.2 Å². The molecule has 82 valence electrons. The van der Waals surface area contributed by atoms with E-state index in [4.69, 9.17) is 4.42 Å². The molecule has 1 aromatic heterocycles. The number of oxazole rings is 1. The van der Waals surface area contributed by atoms with Gasteiger partial charge in [0.25, 0.3) is 0 Å². The van der Waals surface area contributed by atoms with Crippen molar-refractivity contribution in [3.63, 3.8) is 0 Å². The molecule has 3 nitrogen and oxygen atoms in total. The second-order valence-corrected chi connectivity index (χ2v) is 4.21. The maximum absolute atomic E-state index is 10.3. The predicted molar refractivity (Wildman–Crippen MR) is 63.2 cm³/mol. The van der Waals surface area contributed by atoms with Crippen molar-refractivity contribution in [3.05, 3.63) is 52.1 Å². The summed E-state index contributed by atoms with van der Waals surface area (Å²) in [5.41, 5.74) is 1.11.